The van der Waals surface area contributed by atoms with Gasteiger partial charge in [-0.05, 0) is 127 Å². The maximum absolute atomic E-state index is 9.84. The van der Waals surface area contributed by atoms with Gasteiger partial charge in [0, 0.05) is 13.2 Å². The molecule has 0 heterocycles. The van der Waals surface area contributed by atoms with Crippen LogP contribution in [0, 0.1) is 94.7 Å². The van der Waals surface area contributed by atoms with Crippen molar-refractivity contribution in [1.82, 2.24) is 0 Å². The summed E-state index contributed by atoms with van der Waals surface area (Å²) in [5.74, 6) is 12.3. The second-order valence-electron chi connectivity index (χ2n) is 13.4. The van der Waals surface area contributed by atoms with Gasteiger partial charge in [-0.3, -0.25) is 0 Å². The van der Waals surface area contributed by atoms with Crippen molar-refractivity contribution in [3.05, 3.63) is 0 Å². The number of rotatable bonds is 2. The maximum Gasteiger partial charge on any atom is 0.0576 e. The van der Waals surface area contributed by atoms with Crippen LogP contribution in [0.1, 0.15) is 46.0 Å². The van der Waals surface area contributed by atoms with Crippen molar-refractivity contribution < 1.29 is 20.4 Å². The Labute approximate surface area is 186 Å². The highest BCUT2D eigenvalue weighted by Crippen LogP contribution is 2.73. The molecule has 174 valence electrons. The van der Waals surface area contributed by atoms with Gasteiger partial charge in [0.15, 0.2) is 0 Å². The minimum Gasteiger partial charge on any atom is -0.396 e. The monoisotopic (exact) mass is 430 g/mol. The SMILES string of the molecule is CC1C(CO)C2C3CC(C4C(O)CC34)C12.CC1C(CO)C2C3CC(CC4C(O)CC43)C12. The van der Waals surface area contributed by atoms with Crippen LogP contribution in [0.2, 0.25) is 0 Å². The molecule has 4 bridgehead atoms. The molecule has 8 rings (SSSR count). The lowest BCUT2D eigenvalue weighted by atomic mass is 9.45. The Hall–Kier alpha value is -0.160. The first-order chi connectivity index (χ1) is 15.0. The molecule has 0 aromatic carbocycles. The van der Waals surface area contributed by atoms with Gasteiger partial charge in [-0.1, -0.05) is 13.8 Å². The largest absolute Gasteiger partial charge is 0.396 e. The van der Waals surface area contributed by atoms with E-state index in [0.717, 1.165) is 77.9 Å². The van der Waals surface area contributed by atoms with E-state index < -0.39 is 0 Å². The van der Waals surface area contributed by atoms with Crippen molar-refractivity contribution >= 4 is 0 Å². The molecule has 0 spiro atoms. The van der Waals surface area contributed by atoms with Gasteiger partial charge >= 0.3 is 0 Å². The Balaban J connectivity index is 0.000000111. The summed E-state index contributed by atoms with van der Waals surface area (Å²) in [6.07, 6.45) is 6.19. The molecule has 8 aliphatic carbocycles. The van der Waals surface area contributed by atoms with Crippen LogP contribution < -0.4 is 0 Å². The molecular weight excluding hydrogens is 388 g/mol. The highest BCUT2D eigenvalue weighted by atomic mass is 16.3. The lowest BCUT2D eigenvalue weighted by Gasteiger charge is -2.60. The minimum atomic E-state index is 0.00989. The highest BCUT2D eigenvalue weighted by molar-refractivity contribution is 5.18. The van der Waals surface area contributed by atoms with Crippen molar-refractivity contribution in [2.75, 3.05) is 13.2 Å². The van der Waals surface area contributed by atoms with E-state index in [1.807, 2.05) is 0 Å². The Bertz CT molecular complexity index is 737. The first-order valence-electron chi connectivity index (χ1n) is 13.5. The number of hydrogen-bond donors (Lipinski definition) is 4. The maximum atomic E-state index is 9.84. The quantitative estimate of drug-likeness (QED) is 0.543. The molecule has 4 heteroatoms. The average molecular weight is 431 g/mol. The van der Waals surface area contributed by atoms with Gasteiger partial charge in [0.05, 0.1) is 12.2 Å². The van der Waals surface area contributed by atoms with E-state index in [-0.39, 0.29) is 12.2 Å². The van der Waals surface area contributed by atoms with Crippen LogP contribution in [0.4, 0.5) is 0 Å². The van der Waals surface area contributed by atoms with Gasteiger partial charge in [0.25, 0.3) is 0 Å². The van der Waals surface area contributed by atoms with Gasteiger partial charge in [-0.25, -0.2) is 0 Å². The summed E-state index contributed by atoms with van der Waals surface area (Å²) in [4.78, 5) is 0. The fourth-order valence-corrected chi connectivity index (χ4v) is 12.0. The van der Waals surface area contributed by atoms with Crippen LogP contribution in [-0.4, -0.2) is 45.8 Å². The van der Waals surface area contributed by atoms with Crippen LogP contribution in [0.5, 0.6) is 0 Å². The molecule has 4 N–H and O–H groups in total. The van der Waals surface area contributed by atoms with Crippen molar-refractivity contribution in [2.24, 2.45) is 94.7 Å². The third kappa shape index (κ3) is 2.32. The van der Waals surface area contributed by atoms with Crippen molar-refractivity contribution in [3.8, 4) is 0 Å². The Morgan fingerprint density at radius 3 is 1.71 bits per heavy atom. The molecule has 8 saturated carbocycles. The zero-order valence-corrected chi connectivity index (χ0v) is 19.1. The van der Waals surface area contributed by atoms with E-state index in [2.05, 4.69) is 13.8 Å². The summed E-state index contributed by atoms with van der Waals surface area (Å²) in [6, 6.07) is 0. The Kier molecular flexibility index (Phi) is 4.38. The van der Waals surface area contributed by atoms with Crippen molar-refractivity contribution in [1.29, 1.82) is 0 Å². The zero-order valence-electron chi connectivity index (χ0n) is 19.1. The summed E-state index contributed by atoms with van der Waals surface area (Å²) in [6.45, 7) is 5.43. The third-order valence-corrected chi connectivity index (χ3v) is 13.2. The molecule has 0 aromatic rings. The summed E-state index contributed by atoms with van der Waals surface area (Å²) in [5, 5.41) is 38.6. The van der Waals surface area contributed by atoms with Gasteiger partial charge in [-0.2, -0.15) is 0 Å². The fraction of sp³-hybridized carbons (Fsp3) is 1.00. The summed E-state index contributed by atoms with van der Waals surface area (Å²) >= 11 is 0. The predicted octanol–water partition coefficient (Wildman–Crippen LogP) is 2.64. The van der Waals surface area contributed by atoms with Gasteiger partial charge in [0.1, 0.15) is 0 Å². The number of aliphatic hydroxyl groups is 4. The highest BCUT2D eigenvalue weighted by Gasteiger charge is 2.70. The van der Waals surface area contributed by atoms with E-state index in [9.17, 15) is 20.4 Å². The third-order valence-electron chi connectivity index (χ3n) is 13.2. The standard InChI is InChI=1S/C14H22O2.C13H20O2/c1-6-11(5-15)14-10-3-7(13(6)14)2-9-8(10)4-12(9)16;1-5-9(4-14)13-6-2-8(11(5)13)12-7(6)3-10(12)15/h6-16H,2-5H2,1H3;5-15H,2-4H2,1H3. The molecule has 8 aliphatic rings. The molecule has 0 aliphatic heterocycles. The van der Waals surface area contributed by atoms with Crippen LogP contribution in [0.25, 0.3) is 0 Å². The topological polar surface area (TPSA) is 80.9 Å². The Morgan fingerprint density at radius 2 is 1.06 bits per heavy atom. The lowest BCUT2D eigenvalue weighted by molar-refractivity contribution is -0.171. The smallest absolute Gasteiger partial charge is 0.0576 e. The number of fused-ring (bicyclic) bond motifs is 15. The molecule has 18 atom stereocenters. The van der Waals surface area contributed by atoms with Crippen LogP contribution in [0.3, 0.4) is 0 Å². The molecule has 0 saturated heterocycles. The van der Waals surface area contributed by atoms with Crippen molar-refractivity contribution in [2.45, 2.75) is 58.2 Å². The number of aliphatic hydroxyl groups excluding tert-OH is 4. The molecule has 0 amide bonds. The first kappa shape index (κ1) is 20.2. The second kappa shape index (κ2) is 6.71. The molecule has 8 fully saturated rings. The van der Waals surface area contributed by atoms with E-state index in [1.165, 1.54) is 19.3 Å². The summed E-state index contributed by atoms with van der Waals surface area (Å²) in [5.41, 5.74) is 0. The molecule has 4 nitrogen and oxygen atoms in total. The zero-order chi connectivity index (χ0) is 21.3. The molecule has 0 radical (unpaired) electrons. The summed E-state index contributed by atoms with van der Waals surface area (Å²) < 4.78 is 0. The molecule has 0 aromatic heterocycles. The molecule has 31 heavy (non-hydrogen) atoms. The minimum absolute atomic E-state index is 0.00989. The Morgan fingerprint density at radius 1 is 0.516 bits per heavy atom. The fourth-order valence-electron chi connectivity index (χ4n) is 12.0. The average Bonchev–Trinajstić information content (AvgIpc) is 3.30. The molecule has 18 unspecified atom stereocenters. The molecular formula is C27H42O4. The predicted molar refractivity (Wildman–Crippen MR) is 116 cm³/mol. The second-order valence-corrected chi connectivity index (χ2v) is 13.4. The normalized spacial score (nSPS) is 67.9. The van der Waals surface area contributed by atoms with E-state index in [4.69, 9.17) is 0 Å². The van der Waals surface area contributed by atoms with Gasteiger partial charge in [-0.15, -0.1) is 0 Å². The first-order valence-corrected chi connectivity index (χ1v) is 13.5. The van der Waals surface area contributed by atoms with E-state index in [1.54, 1.807) is 0 Å². The number of hydrogen-bond acceptors (Lipinski definition) is 4. The van der Waals surface area contributed by atoms with E-state index in [0.29, 0.717) is 42.8 Å². The van der Waals surface area contributed by atoms with Crippen LogP contribution in [-0.2, 0) is 0 Å². The van der Waals surface area contributed by atoms with Crippen LogP contribution >= 0.6 is 0 Å². The van der Waals surface area contributed by atoms with Crippen LogP contribution in [0.15, 0.2) is 0 Å². The van der Waals surface area contributed by atoms with Gasteiger partial charge < -0.3 is 20.4 Å². The van der Waals surface area contributed by atoms with E-state index >= 15 is 0 Å². The summed E-state index contributed by atoms with van der Waals surface area (Å²) in [7, 11) is 0. The van der Waals surface area contributed by atoms with Gasteiger partial charge in [0.2, 0.25) is 0 Å². The van der Waals surface area contributed by atoms with Crippen molar-refractivity contribution in [3.63, 3.8) is 0 Å². The lowest BCUT2D eigenvalue weighted by Crippen LogP contribution is -2.59.